The lowest BCUT2D eigenvalue weighted by atomic mass is 9.91. The van der Waals surface area contributed by atoms with Crippen LogP contribution in [0.4, 0.5) is 5.88 Å². The molecule has 0 radical (unpaired) electrons. The Morgan fingerprint density at radius 3 is 2.64 bits per heavy atom. The molecule has 0 aromatic carbocycles. The van der Waals surface area contributed by atoms with Crippen LogP contribution in [-0.2, 0) is 10.2 Å². The Balaban J connectivity index is 2.01. The van der Waals surface area contributed by atoms with Crippen LogP contribution in [0.15, 0.2) is 10.6 Å². The number of carbonyl (C=O) groups excluding carboxylic acids is 1. The van der Waals surface area contributed by atoms with Gasteiger partial charge in [0.25, 0.3) is 0 Å². The van der Waals surface area contributed by atoms with E-state index in [4.69, 9.17) is 4.52 Å². The molecule has 0 bridgehead atoms. The average molecular weight is 309 g/mol. The zero-order chi connectivity index (χ0) is 16.5. The van der Waals surface area contributed by atoms with E-state index in [0.717, 1.165) is 12.5 Å². The molecule has 1 aromatic rings. The molecule has 0 unspecified atom stereocenters. The Hall–Kier alpha value is -1.40. The monoisotopic (exact) mass is 309 g/mol. The lowest BCUT2D eigenvalue weighted by Gasteiger charge is -2.33. The first kappa shape index (κ1) is 17.0. The minimum absolute atomic E-state index is 0.0391. The fourth-order valence-corrected chi connectivity index (χ4v) is 2.09. The van der Waals surface area contributed by atoms with Gasteiger partial charge in [-0.2, -0.15) is 0 Å². The van der Waals surface area contributed by atoms with Crippen molar-refractivity contribution in [1.82, 2.24) is 10.1 Å². The van der Waals surface area contributed by atoms with Gasteiger partial charge >= 0.3 is 0 Å². The molecule has 0 aliphatic heterocycles. The maximum absolute atomic E-state index is 12.5. The van der Waals surface area contributed by atoms with Crippen molar-refractivity contribution in [3.63, 3.8) is 0 Å². The van der Waals surface area contributed by atoms with E-state index in [-0.39, 0.29) is 12.5 Å². The Morgan fingerprint density at radius 1 is 1.45 bits per heavy atom. The summed E-state index contributed by atoms with van der Waals surface area (Å²) in [6, 6.07) is 1.67. The van der Waals surface area contributed by atoms with Crippen molar-refractivity contribution >= 4 is 11.8 Å². The number of rotatable bonds is 7. The molecule has 1 aromatic heterocycles. The zero-order valence-electron chi connectivity index (χ0n) is 14.1. The Kier molecular flexibility index (Phi) is 4.63. The van der Waals surface area contributed by atoms with Crippen LogP contribution in [0.1, 0.15) is 46.2 Å². The van der Waals surface area contributed by atoms with Gasteiger partial charge in [-0.1, -0.05) is 19.0 Å². The molecule has 1 fully saturated rings. The van der Waals surface area contributed by atoms with Gasteiger partial charge in [0.05, 0.1) is 17.8 Å². The van der Waals surface area contributed by atoms with Gasteiger partial charge in [-0.15, -0.1) is 0 Å². The van der Waals surface area contributed by atoms with Gasteiger partial charge in [-0.3, -0.25) is 15.0 Å². The summed E-state index contributed by atoms with van der Waals surface area (Å²) in [5.41, 5.74) is -0.498. The molecule has 1 aliphatic carbocycles. The minimum atomic E-state index is -0.623. The van der Waals surface area contributed by atoms with E-state index in [2.05, 4.69) is 15.4 Å². The van der Waals surface area contributed by atoms with Gasteiger partial charge in [0.2, 0.25) is 11.8 Å². The van der Waals surface area contributed by atoms with Crippen LogP contribution in [-0.4, -0.2) is 46.8 Å². The predicted molar refractivity (Wildman–Crippen MR) is 84.7 cm³/mol. The Morgan fingerprint density at radius 2 is 2.09 bits per heavy atom. The molecule has 2 N–H and O–H groups in total. The zero-order valence-corrected chi connectivity index (χ0v) is 14.1. The second kappa shape index (κ2) is 6.01. The summed E-state index contributed by atoms with van der Waals surface area (Å²) in [7, 11) is 1.97. The topological polar surface area (TPSA) is 78.6 Å². The molecule has 0 spiro atoms. The molecule has 0 saturated heterocycles. The van der Waals surface area contributed by atoms with E-state index < -0.39 is 11.0 Å². The van der Waals surface area contributed by atoms with Crippen LogP contribution < -0.4 is 5.32 Å². The first-order valence-electron chi connectivity index (χ1n) is 7.77. The van der Waals surface area contributed by atoms with E-state index in [1.807, 2.05) is 34.7 Å². The number of hydrogen-bond acceptors (Lipinski definition) is 5. The summed E-state index contributed by atoms with van der Waals surface area (Å²) in [6.07, 6.45) is 2.51. The third kappa shape index (κ3) is 3.67. The standard InChI is InChI=1S/C16H27N3O3/c1-15(2,10-20)12-8-13(22-18-12)17-14(21)16(3,4)19(5)9-11-6-7-11/h8,11,20H,6-7,9-10H2,1-5H3,(H,17,21). The second-order valence-electron chi connectivity index (χ2n) is 7.46. The highest BCUT2D eigenvalue weighted by atomic mass is 16.5. The van der Waals surface area contributed by atoms with Gasteiger partial charge in [0.1, 0.15) is 0 Å². The Bertz CT molecular complexity index is 532. The van der Waals surface area contributed by atoms with Gasteiger partial charge in [0, 0.05) is 18.0 Å². The number of nitrogens with zero attached hydrogens (tertiary/aromatic N) is 2. The number of hydrogen-bond donors (Lipinski definition) is 2. The van der Waals surface area contributed by atoms with E-state index in [9.17, 15) is 9.90 Å². The highest BCUT2D eigenvalue weighted by Gasteiger charge is 2.36. The van der Waals surface area contributed by atoms with E-state index >= 15 is 0 Å². The fraction of sp³-hybridized carbons (Fsp3) is 0.750. The number of aromatic nitrogens is 1. The third-order valence-electron chi connectivity index (χ3n) is 4.57. The number of aliphatic hydroxyl groups excluding tert-OH is 1. The molecule has 1 amide bonds. The molecule has 0 atom stereocenters. The fourth-order valence-electron chi connectivity index (χ4n) is 2.09. The molecule has 124 valence electrons. The van der Waals surface area contributed by atoms with E-state index in [1.54, 1.807) is 6.07 Å². The smallest absolute Gasteiger partial charge is 0.246 e. The van der Waals surface area contributed by atoms with Gasteiger partial charge in [-0.05, 0) is 39.7 Å². The van der Waals surface area contributed by atoms with Crippen molar-refractivity contribution in [2.45, 2.75) is 51.5 Å². The summed E-state index contributed by atoms with van der Waals surface area (Å²) in [5, 5.41) is 16.1. The van der Waals surface area contributed by atoms with Crippen molar-refractivity contribution < 1.29 is 14.4 Å². The van der Waals surface area contributed by atoms with Gasteiger partial charge in [-0.25, -0.2) is 0 Å². The number of carbonyl (C=O) groups is 1. The molecule has 6 nitrogen and oxygen atoms in total. The SMILES string of the molecule is CN(CC1CC1)C(C)(C)C(=O)Nc1cc(C(C)(C)CO)no1. The van der Waals surface area contributed by atoms with Crippen LogP contribution in [0.3, 0.4) is 0 Å². The molecule has 1 heterocycles. The highest BCUT2D eigenvalue weighted by molar-refractivity contribution is 5.96. The Labute approximate surface area is 131 Å². The number of nitrogens with one attached hydrogen (secondary N) is 1. The molecule has 22 heavy (non-hydrogen) atoms. The first-order chi connectivity index (χ1) is 10.2. The highest BCUT2D eigenvalue weighted by Crippen LogP contribution is 2.31. The molecule has 6 heteroatoms. The number of likely N-dealkylation sites (N-methyl/N-ethyl adjacent to an activating group) is 1. The van der Waals surface area contributed by atoms with Crippen molar-refractivity contribution in [3.05, 3.63) is 11.8 Å². The number of aliphatic hydroxyl groups is 1. The van der Waals surface area contributed by atoms with Crippen molar-refractivity contribution in [2.24, 2.45) is 5.92 Å². The van der Waals surface area contributed by atoms with Crippen LogP contribution in [0, 0.1) is 5.92 Å². The average Bonchev–Trinajstić information content (AvgIpc) is 3.13. The normalized spacial score (nSPS) is 16.1. The van der Waals surface area contributed by atoms with Gasteiger partial charge in [0.15, 0.2) is 0 Å². The predicted octanol–water partition coefficient (Wildman–Crippen LogP) is 2.00. The lowest BCUT2D eigenvalue weighted by molar-refractivity contribution is -0.125. The van der Waals surface area contributed by atoms with Crippen LogP contribution in [0.5, 0.6) is 0 Å². The van der Waals surface area contributed by atoms with Gasteiger partial charge < -0.3 is 9.63 Å². The number of anilines is 1. The molecular formula is C16H27N3O3. The summed E-state index contributed by atoms with van der Waals surface area (Å²) in [6.45, 7) is 8.43. The molecule has 2 rings (SSSR count). The van der Waals surface area contributed by atoms with Crippen LogP contribution in [0.25, 0.3) is 0 Å². The third-order valence-corrected chi connectivity index (χ3v) is 4.57. The maximum atomic E-state index is 12.5. The molecule has 1 aliphatic rings. The molecule has 1 saturated carbocycles. The lowest BCUT2D eigenvalue weighted by Crippen LogP contribution is -2.51. The summed E-state index contributed by atoms with van der Waals surface area (Å²) >= 11 is 0. The summed E-state index contributed by atoms with van der Waals surface area (Å²) in [5.74, 6) is 0.911. The molecular weight excluding hydrogens is 282 g/mol. The van der Waals surface area contributed by atoms with Crippen LogP contribution in [0.2, 0.25) is 0 Å². The van der Waals surface area contributed by atoms with E-state index in [1.165, 1.54) is 12.8 Å². The first-order valence-corrected chi connectivity index (χ1v) is 7.77. The summed E-state index contributed by atoms with van der Waals surface area (Å²) < 4.78 is 5.18. The summed E-state index contributed by atoms with van der Waals surface area (Å²) in [4.78, 5) is 14.6. The maximum Gasteiger partial charge on any atom is 0.246 e. The number of amides is 1. The van der Waals surface area contributed by atoms with Crippen molar-refractivity contribution in [1.29, 1.82) is 0 Å². The second-order valence-corrected chi connectivity index (χ2v) is 7.46. The quantitative estimate of drug-likeness (QED) is 0.805. The van der Waals surface area contributed by atoms with Crippen molar-refractivity contribution in [2.75, 3.05) is 25.5 Å². The van der Waals surface area contributed by atoms with E-state index in [0.29, 0.717) is 11.6 Å². The largest absolute Gasteiger partial charge is 0.395 e. The van der Waals surface area contributed by atoms with Crippen LogP contribution >= 0.6 is 0 Å². The van der Waals surface area contributed by atoms with Crippen molar-refractivity contribution in [3.8, 4) is 0 Å². The minimum Gasteiger partial charge on any atom is -0.395 e.